The number of rotatable bonds is 10. The van der Waals surface area contributed by atoms with Crippen LogP contribution in [0.25, 0.3) is 0 Å². The van der Waals surface area contributed by atoms with Gasteiger partial charge in [0.2, 0.25) is 0 Å². The molecule has 0 aromatic carbocycles. The number of allylic oxidation sites excluding steroid dienone is 1. The monoisotopic (exact) mass is 227 g/mol. The fraction of sp³-hybridized carbons (Fsp3) is 0.857. The maximum absolute atomic E-state index is 5.52. The van der Waals surface area contributed by atoms with Gasteiger partial charge in [0.05, 0.1) is 0 Å². The zero-order chi connectivity index (χ0) is 12.3. The zero-order valence-electron chi connectivity index (χ0n) is 11.3. The average Bonchev–Trinajstić information content (AvgIpc) is 2.19. The maximum Gasteiger partial charge on any atom is 0.0468 e. The molecule has 0 amide bonds. The minimum Gasteiger partial charge on any atom is -0.381 e. The zero-order valence-corrected chi connectivity index (χ0v) is 11.3. The molecule has 0 aliphatic rings. The van der Waals surface area contributed by atoms with E-state index in [-0.39, 0.29) is 5.54 Å². The third kappa shape index (κ3) is 13.7. The molecule has 0 rings (SSSR count). The summed E-state index contributed by atoms with van der Waals surface area (Å²) in [7, 11) is 0. The van der Waals surface area contributed by atoms with Crippen LogP contribution in [-0.4, -0.2) is 25.3 Å². The fourth-order valence-corrected chi connectivity index (χ4v) is 1.40. The Morgan fingerprint density at radius 1 is 1.06 bits per heavy atom. The van der Waals surface area contributed by atoms with Crippen molar-refractivity contribution in [1.82, 2.24) is 5.32 Å². The van der Waals surface area contributed by atoms with Gasteiger partial charge in [0.25, 0.3) is 0 Å². The van der Waals surface area contributed by atoms with Crippen LogP contribution in [-0.2, 0) is 4.74 Å². The summed E-state index contributed by atoms with van der Waals surface area (Å²) in [4.78, 5) is 0. The Morgan fingerprint density at radius 2 is 1.75 bits per heavy atom. The Hall–Kier alpha value is -0.340. The Morgan fingerprint density at radius 3 is 2.38 bits per heavy atom. The molecule has 0 spiro atoms. The predicted molar refractivity (Wildman–Crippen MR) is 71.9 cm³/mol. The molecule has 16 heavy (non-hydrogen) atoms. The van der Waals surface area contributed by atoms with E-state index >= 15 is 0 Å². The molecule has 0 atom stereocenters. The van der Waals surface area contributed by atoms with Gasteiger partial charge in [-0.25, -0.2) is 0 Å². The Bertz CT molecular complexity index is 161. The molecule has 0 bridgehead atoms. The number of hydrogen-bond donors (Lipinski definition) is 1. The van der Waals surface area contributed by atoms with Crippen molar-refractivity contribution in [3.63, 3.8) is 0 Å². The number of hydrogen-bond acceptors (Lipinski definition) is 2. The molecular formula is C14H29NO. The minimum absolute atomic E-state index is 0.251. The summed E-state index contributed by atoms with van der Waals surface area (Å²) in [6, 6.07) is 0. The van der Waals surface area contributed by atoms with E-state index in [4.69, 9.17) is 4.74 Å². The standard InChI is InChI=1S/C14H29NO/c1-5-6-9-12-16-13-10-7-8-11-15-14(2,3)4/h5,15H,1,6-13H2,2-4H3. The van der Waals surface area contributed by atoms with Gasteiger partial charge in [-0.15, -0.1) is 6.58 Å². The first-order chi connectivity index (χ1) is 7.56. The van der Waals surface area contributed by atoms with Crippen LogP contribution in [0.1, 0.15) is 52.9 Å². The molecule has 0 saturated heterocycles. The van der Waals surface area contributed by atoms with E-state index in [1.54, 1.807) is 0 Å². The summed E-state index contributed by atoms with van der Waals surface area (Å²) in [5, 5.41) is 3.49. The lowest BCUT2D eigenvalue weighted by Gasteiger charge is -2.20. The van der Waals surface area contributed by atoms with Gasteiger partial charge in [-0.05, 0) is 59.4 Å². The molecule has 2 heteroatoms. The summed E-state index contributed by atoms with van der Waals surface area (Å²) in [5.74, 6) is 0. The summed E-state index contributed by atoms with van der Waals surface area (Å²) >= 11 is 0. The van der Waals surface area contributed by atoms with Crippen LogP contribution in [0.3, 0.4) is 0 Å². The topological polar surface area (TPSA) is 21.3 Å². The molecule has 0 aliphatic heterocycles. The van der Waals surface area contributed by atoms with Gasteiger partial charge in [-0.3, -0.25) is 0 Å². The molecule has 0 aromatic rings. The summed E-state index contributed by atoms with van der Waals surface area (Å²) in [6.07, 6.45) is 7.80. The third-order valence-electron chi connectivity index (χ3n) is 2.32. The molecule has 96 valence electrons. The van der Waals surface area contributed by atoms with Crippen LogP contribution in [0.5, 0.6) is 0 Å². The van der Waals surface area contributed by atoms with Crippen molar-refractivity contribution in [3.8, 4) is 0 Å². The minimum atomic E-state index is 0.251. The van der Waals surface area contributed by atoms with Gasteiger partial charge in [-0.1, -0.05) is 6.08 Å². The summed E-state index contributed by atoms with van der Waals surface area (Å²) in [5.41, 5.74) is 0.251. The molecule has 0 aromatic heterocycles. The molecule has 0 unspecified atom stereocenters. The Kier molecular flexibility index (Phi) is 9.65. The molecular weight excluding hydrogens is 198 g/mol. The van der Waals surface area contributed by atoms with E-state index in [9.17, 15) is 0 Å². The smallest absolute Gasteiger partial charge is 0.0468 e. The van der Waals surface area contributed by atoms with Crippen molar-refractivity contribution in [2.24, 2.45) is 0 Å². The van der Waals surface area contributed by atoms with Gasteiger partial charge >= 0.3 is 0 Å². The van der Waals surface area contributed by atoms with Crippen molar-refractivity contribution in [2.45, 2.75) is 58.4 Å². The highest BCUT2D eigenvalue weighted by Crippen LogP contribution is 2.01. The van der Waals surface area contributed by atoms with Crippen LogP contribution in [0.15, 0.2) is 12.7 Å². The van der Waals surface area contributed by atoms with E-state index in [0.29, 0.717) is 0 Å². The highest BCUT2D eigenvalue weighted by Gasteiger charge is 2.06. The molecule has 0 radical (unpaired) electrons. The van der Waals surface area contributed by atoms with E-state index in [0.717, 1.165) is 32.6 Å². The number of nitrogens with one attached hydrogen (secondary N) is 1. The molecule has 0 saturated carbocycles. The second-order valence-corrected chi connectivity index (χ2v) is 5.28. The van der Waals surface area contributed by atoms with E-state index in [2.05, 4.69) is 32.7 Å². The summed E-state index contributed by atoms with van der Waals surface area (Å²) < 4.78 is 5.52. The Labute approximate surface area is 101 Å². The van der Waals surface area contributed by atoms with E-state index < -0.39 is 0 Å². The van der Waals surface area contributed by atoms with Gasteiger partial charge in [0.1, 0.15) is 0 Å². The lowest BCUT2D eigenvalue weighted by atomic mass is 10.1. The van der Waals surface area contributed by atoms with E-state index in [1.807, 2.05) is 6.08 Å². The van der Waals surface area contributed by atoms with Crippen LogP contribution in [0.2, 0.25) is 0 Å². The Balaban J connectivity index is 3.01. The first kappa shape index (κ1) is 15.7. The van der Waals surface area contributed by atoms with Crippen molar-refractivity contribution in [2.75, 3.05) is 19.8 Å². The van der Waals surface area contributed by atoms with Crippen LogP contribution in [0, 0.1) is 0 Å². The molecule has 0 heterocycles. The van der Waals surface area contributed by atoms with Crippen LogP contribution in [0.4, 0.5) is 0 Å². The van der Waals surface area contributed by atoms with Gasteiger partial charge in [0.15, 0.2) is 0 Å². The number of ether oxygens (including phenoxy) is 1. The first-order valence-electron chi connectivity index (χ1n) is 6.50. The average molecular weight is 227 g/mol. The highest BCUT2D eigenvalue weighted by atomic mass is 16.5. The van der Waals surface area contributed by atoms with Crippen molar-refractivity contribution in [3.05, 3.63) is 12.7 Å². The second kappa shape index (κ2) is 9.86. The lowest BCUT2D eigenvalue weighted by molar-refractivity contribution is 0.128. The maximum atomic E-state index is 5.52. The third-order valence-corrected chi connectivity index (χ3v) is 2.32. The van der Waals surface area contributed by atoms with Crippen LogP contribution >= 0.6 is 0 Å². The van der Waals surface area contributed by atoms with Crippen LogP contribution < -0.4 is 5.32 Å². The molecule has 1 N–H and O–H groups in total. The lowest BCUT2D eigenvalue weighted by Crippen LogP contribution is -2.36. The van der Waals surface area contributed by atoms with Crippen molar-refractivity contribution < 1.29 is 4.74 Å². The van der Waals surface area contributed by atoms with Gasteiger partial charge in [-0.2, -0.15) is 0 Å². The van der Waals surface area contributed by atoms with Gasteiger partial charge in [0, 0.05) is 18.8 Å². The largest absolute Gasteiger partial charge is 0.381 e. The molecule has 0 fully saturated rings. The molecule has 0 aliphatic carbocycles. The summed E-state index contributed by atoms with van der Waals surface area (Å²) in [6.45, 7) is 13.2. The first-order valence-corrected chi connectivity index (χ1v) is 6.50. The molecule has 2 nitrogen and oxygen atoms in total. The SMILES string of the molecule is C=CCCCOCCCCCNC(C)(C)C. The second-order valence-electron chi connectivity index (χ2n) is 5.28. The van der Waals surface area contributed by atoms with Crippen molar-refractivity contribution in [1.29, 1.82) is 0 Å². The predicted octanol–water partition coefficient (Wildman–Crippen LogP) is 3.53. The van der Waals surface area contributed by atoms with E-state index in [1.165, 1.54) is 19.3 Å². The van der Waals surface area contributed by atoms with Crippen molar-refractivity contribution >= 4 is 0 Å². The normalized spacial score (nSPS) is 11.7. The quantitative estimate of drug-likeness (QED) is 0.455. The number of unbranched alkanes of at least 4 members (excludes halogenated alkanes) is 3. The highest BCUT2D eigenvalue weighted by molar-refractivity contribution is 4.69. The van der Waals surface area contributed by atoms with Gasteiger partial charge < -0.3 is 10.1 Å². The fourth-order valence-electron chi connectivity index (χ4n) is 1.40.